The number of hydrogen-bond acceptors (Lipinski definition) is 4. The van der Waals surface area contributed by atoms with E-state index in [2.05, 4.69) is 10.6 Å². The first-order chi connectivity index (χ1) is 9.07. The predicted molar refractivity (Wildman–Crippen MR) is 84.5 cm³/mol. The molecule has 0 radical (unpaired) electrons. The summed E-state index contributed by atoms with van der Waals surface area (Å²) in [6.07, 6.45) is -0.400. The van der Waals surface area contributed by atoms with Gasteiger partial charge in [-0.05, 0) is 40.7 Å². The van der Waals surface area contributed by atoms with Crippen molar-refractivity contribution in [3.05, 3.63) is 21.3 Å². The number of carbonyl (C=O) groups is 1. The normalized spacial score (nSPS) is 12.3. The largest absolute Gasteiger partial charge is 0.444 e. The Morgan fingerprint density at radius 3 is 2.50 bits per heavy atom. The van der Waals surface area contributed by atoms with E-state index >= 15 is 0 Å². The highest BCUT2D eigenvalue weighted by Gasteiger charge is 2.24. The summed E-state index contributed by atoms with van der Waals surface area (Å²) in [6, 6.07) is 1.94. The molecule has 0 fully saturated rings. The zero-order valence-corrected chi connectivity index (χ0v) is 14.2. The van der Waals surface area contributed by atoms with E-state index < -0.39 is 11.7 Å². The monoisotopic (exact) mass is 318 g/mol. The molecule has 0 unspecified atom stereocenters. The fourth-order valence-corrected chi connectivity index (χ4v) is 2.61. The Morgan fingerprint density at radius 1 is 1.35 bits per heavy atom. The van der Waals surface area contributed by atoms with E-state index in [1.807, 2.05) is 46.1 Å². The molecular formula is C14H23ClN2O2S. The summed E-state index contributed by atoms with van der Waals surface area (Å²) in [6.45, 7) is 10.8. The lowest BCUT2D eigenvalue weighted by atomic mass is 10.1. The number of rotatable bonds is 5. The first-order valence-electron chi connectivity index (χ1n) is 6.52. The fourth-order valence-electron chi connectivity index (χ4n) is 1.57. The van der Waals surface area contributed by atoms with Crippen molar-refractivity contribution in [2.45, 2.75) is 52.3 Å². The lowest BCUT2D eigenvalue weighted by Crippen LogP contribution is -2.51. The van der Waals surface area contributed by atoms with Gasteiger partial charge in [0.2, 0.25) is 0 Å². The molecule has 0 spiro atoms. The van der Waals surface area contributed by atoms with Crippen LogP contribution in [0.25, 0.3) is 0 Å². The quantitative estimate of drug-likeness (QED) is 0.868. The molecule has 0 saturated heterocycles. The molecule has 0 aliphatic rings. The highest BCUT2D eigenvalue weighted by atomic mass is 35.5. The van der Waals surface area contributed by atoms with Crippen LogP contribution in [0.4, 0.5) is 4.79 Å². The molecule has 2 N–H and O–H groups in total. The van der Waals surface area contributed by atoms with E-state index in [1.54, 1.807) is 11.3 Å². The second kappa shape index (κ2) is 6.78. The summed E-state index contributed by atoms with van der Waals surface area (Å²) in [5.41, 5.74) is -0.870. The molecule has 1 heterocycles. The second-order valence-corrected chi connectivity index (χ2v) is 7.78. The van der Waals surface area contributed by atoms with E-state index in [-0.39, 0.29) is 5.54 Å². The third-order valence-electron chi connectivity index (χ3n) is 2.33. The Morgan fingerprint density at radius 2 is 2.00 bits per heavy atom. The van der Waals surface area contributed by atoms with Crippen LogP contribution in [-0.4, -0.2) is 23.8 Å². The van der Waals surface area contributed by atoms with Crippen molar-refractivity contribution in [3.8, 4) is 0 Å². The van der Waals surface area contributed by atoms with Crippen LogP contribution < -0.4 is 10.6 Å². The second-order valence-electron chi connectivity index (χ2n) is 6.35. The van der Waals surface area contributed by atoms with Crippen molar-refractivity contribution >= 4 is 29.0 Å². The van der Waals surface area contributed by atoms with Gasteiger partial charge in [-0.3, -0.25) is 0 Å². The van der Waals surface area contributed by atoms with Crippen molar-refractivity contribution in [2.75, 3.05) is 6.54 Å². The summed E-state index contributed by atoms with van der Waals surface area (Å²) in [5, 5.41) is 8.83. The molecule has 0 aliphatic heterocycles. The molecule has 4 nitrogen and oxygen atoms in total. The van der Waals surface area contributed by atoms with Crippen molar-refractivity contribution in [1.82, 2.24) is 10.6 Å². The highest BCUT2D eigenvalue weighted by molar-refractivity contribution is 7.10. The van der Waals surface area contributed by atoms with Crippen LogP contribution >= 0.6 is 22.9 Å². The molecule has 0 saturated carbocycles. The summed E-state index contributed by atoms with van der Waals surface area (Å²) in [4.78, 5) is 12.9. The third kappa shape index (κ3) is 7.12. The van der Waals surface area contributed by atoms with E-state index in [9.17, 15) is 4.79 Å². The van der Waals surface area contributed by atoms with E-state index in [1.165, 1.54) is 4.88 Å². The highest BCUT2D eigenvalue weighted by Crippen LogP contribution is 2.18. The van der Waals surface area contributed by atoms with Crippen molar-refractivity contribution < 1.29 is 9.53 Å². The Kier molecular flexibility index (Phi) is 5.86. The van der Waals surface area contributed by atoms with Gasteiger partial charge in [-0.1, -0.05) is 11.6 Å². The summed E-state index contributed by atoms with van der Waals surface area (Å²) in [7, 11) is 0. The van der Waals surface area contributed by atoms with Crippen LogP contribution in [0.3, 0.4) is 0 Å². The molecule has 114 valence electrons. The Hall–Kier alpha value is -0.780. The van der Waals surface area contributed by atoms with Gasteiger partial charge in [0.05, 0.1) is 10.6 Å². The molecule has 1 amide bonds. The van der Waals surface area contributed by atoms with Gasteiger partial charge < -0.3 is 15.4 Å². The van der Waals surface area contributed by atoms with E-state index in [0.717, 1.165) is 11.6 Å². The molecule has 0 aliphatic carbocycles. The summed E-state index contributed by atoms with van der Waals surface area (Å²) < 4.78 is 5.25. The number of halogens is 1. The molecule has 0 aromatic carbocycles. The average Bonchev–Trinajstić information content (AvgIpc) is 2.59. The molecular weight excluding hydrogens is 296 g/mol. The molecule has 1 aromatic rings. The first kappa shape index (κ1) is 17.3. The molecule has 1 rings (SSSR count). The van der Waals surface area contributed by atoms with Crippen LogP contribution in [0.1, 0.15) is 39.5 Å². The minimum Gasteiger partial charge on any atom is -0.444 e. The number of carbonyl (C=O) groups excluding carboxylic acids is 1. The van der Waals surface area contributed by atoms with Gasteiger partial charge in [-0.2, -0.15) is 0 Å². The topological polar surface area (TPSA) is 50.4 Å². The van der Waals surface area contributed by atoms with E-state index in [0.29, 0.717) is 6.54 Å². The maximum Gasteiger partial charge on any atom is 0.408 e. The number of alkyl carbamates (subject to hydrolysis) is 1. The van der Waals surface area contributed by atoms with Gasteiger partial charge in [0.1, 0.15) is 5.60 Å². The third-order valence-corrected chi connectivity index (χ3v) is 3.61. The SMILES string of the molecule is CC(C)(CNCc1cc(Cl)cs1)NC(=O)OC(C)(C)C. The lowest BCUT2D eigenvalue weighted by molar-refractivity contribution is 0.0472. The van der Waals surface area contributed by atoms with Crippen LogP contribution in [0.15, 0.2) is 11.4 Å². The average molecular weight is 319 g/mol. The van der Waals surface area contributed by atoms with Crippen molar-refractivity contribution in [3.63, 3.8) is 0 Å². The van der Waals surface area contributed by atoms with Crippen LogP contribution in [0, 0.1) is 0 Å². The van der Waals surface area contributed by atoms with Gasteiger partial charge in [0, 0.05) is 23.3 Å². The maximum atomic E-state index is 11.7. The van der Waals surface area contributed by atoms with Crippen LogP contribution in [0.2, 0.25) is 5.02 Å². The molecule has 0 atom stereocenters. The number of nitrogens with one attached hydrogen (secondary N) is 2. The molecule has 0 bridgehead atoms. The Balaban J connectivity index is 2.35. The van der Waals surface area contributed by atoms with Crippen LogP contribution in [-0.2, 0) is 11.3 Å². The minimum atomic E-state index is -0.485. The molecule has 20 heavy (non-hydrogen) atoms. The minimum absolute atomic E-state index is 0.386. The van der Waals surface area contributed by atoms with Gasteiger partial charge in [0.25, 0.3) is 0 Å². The summed E-state index contributed by atoms with van der Waals surface area (Å²) in [5.74, 6) is 0. The number of hydrogen-bond donors (Lipinski definition) is 2. The number of amides is 1. The van der Waals surface area contributed by atoms with Crippen LogP contribution in [0.5, 0.6) is 0 Å². The zero-order chi connectivity index (χ0) is 15.4. The van der Waals surface area contributed by atoms with Crippen molar-refractivity contribution in [1.29, 1.82) is 0 Å². The zero-order valence-electron chi connectivity index (χ0n) is 12.7. The van der Waals surface area contributed by atoms with Gasteiger partial charge in [-0.25, -0.2) is 4.79 Å². The molecule has 6 heteroatoms. The van der Waals surface area contributed by atoms with Gasteiger partial charge >= 0.3 is 6.09 Å². The smallest absolute Gasteiger partial charge is 0.408 e. The molecule has 1 aromatic heterocycles. The maximum absolute atomic E-state index is 11.7. The van der Waals surface area contributed by atoms with E-state index in [4.69, 9.17) is 16.3 Å². The number of ether oxygens (including phenoxy) is 1. The fraction of sp³-hybridized carbons (Fsp3) is 0.643. The van der Waals surface area contributed by atoms with Crippen molar-refractivity contribution in [2.24, 2.45) is 0 Å². The first-order valence-corrected chi connectivity index (χ1v) is 7.78. The number of thiophene rings is 1. The standard InChI is InChI=1S/C14H23ClN2O2S/c1-13(2,3)19-12(18)17-14(4,5)9-16-7-11-6-10(15)8-20-11/h6,8,16H,7,9H2,1-5H3,(H,17,18). The Bertz CT molecular complexity index is 452. The summed E-state index contributed by atoms with van der Waals surface area (Å²) >= 11 is 7.48. The van der Waals surface area contributed by atoms with Gasteiger partial charge in [-0.15, -0.1) is 11.3 Å². The lowest BCUT2D eigenvalue weighted by Gasteiger charge is -2.28. The Labute approximate surface area is 129 Å². The van der Waals surface area contributed by atoms with Gasteiger partial charge in [0.15, 0.2) is 0 Å². The predicted octanol–water partition coefficient (Wildman–Crippen LogP) is 3.79.